The van der Waals surface area contributed by atoms with Crippen molar-refractivity contribution < 1.29 is 5.11 Å². The molecule has 1 fully saturated rings. The minimum absolute atomic E-state index is 0.00646. The summed E-state index contributed by atoms with van der Waals surface area (Å²) >= 11 is 0. The van der Waals surface area contributed by atoms with Crippen molar-refractivity contribution in [3.8, 4) is 0 Å². The van der Waals surface area contributed by atoms with Crippen molar-refractivity contribution in [1.82, 2.24) is 10.6 Å². The van der Waals surface area contributed by atoms with Crippen LogP contribution in [0.4, 0.5) is 0 Å². The SMILES string of the molecule is CCCNCCCNCC1CC(O)C1. The van der Waals surface area contributed by atoms with E-state index in [4.69, 9.17) is 5.11 Å². The van der Waals surface area contributed by atoms with Gasteiger partial charge in [-0.1, -0.05) is 6.92 Å². The quantitative estimate of drug-likeness (QED) is 0.506. The van der Waals surface area contributed by atoms with Gasteiger partial charge in [-0.15, -0.1) is 0 Å². The molecule has 1 saturated carbocycles. The largest absolute Gasteiger partial charge is 0.393 e. The summed E-state index contributed by atoms with van der Waals surface area (Å²) in [7, 11) is 0. The first-order valence-electron chi connectivity index (χ1n) is 5.92. The molecule has 1 aliphatic rings. The van der Waals surface area contributed by atoms with Gasteiger partial charge in [-0.25, -0.2) is 0 Å². The summed E-state index contributed by atoms with van der Waals surface area (Å²) in [6, 6.07) is 0. The first-order valence-corrected chi connectivity index (χ1v) is 5.92. The summed E-state index contributed by atoms with van der Waals surface area (Å²) in [5.41, 5.74) is 0. The van der Waals surface area contributed by atoms with Gasteiger partial charge in [0.25, 0.3) is 0 Å². The number of hydrogen-bond acceptors (Lipinski definition) is 3. The van der Waals surface area contributed by atoms with E-state index in [1.165, 1.54) is 12.8 Å². The van der Waals surface area contributed by atoms with Crippen LogP contribution < -0.4 is 10.6 Å². The average Bonchev–Trinajstić information content (AvgIpc) is 2.13. The third-order valence-corrected chi connectivity index (χ3v) is 2.78. The van der Waals surface area contributed by atoms with Crippen molar-refractivity contribution in [2.75, 3.05) is 26.2 Å². The Hall–Kier alpha value is -0.120. The summed E-state index contributed by atoms with van der Waals surface area (Å²) in [6.45, 7) is 6.63. The van der Waals surface area contributed by atoms with Crippen molar-refractivity contribution in [2.24, 2.45) is 5.92 Å². The maximum Gasteiger partial charge on any atom is 0.0546 e. The molecule has 3 nitrogen and oxygen atoms in total. The minimum atomic E-state index is -0.00646. The summed E-state index contributed by atoms with van der Waals surface area (Å²) in [5.74, 6) is 0.730. The molecule has 0 amide bonds. The molecule has 0 aromatic heterocycles. The molecule has 0 aromatic carbocycles. The summed E-state index contributed by atoms with van der Waals surface area (Å²) in [5, 5.41) is 15.9. The lowest BCUT2D eigenvalue weighted by atomic mass is 9.82. The van der Waals surface area contributed by atoms with E-state index in [1.807, 2.05) is 0 Å². The van der Waals surface area contributed by atoms with Gasteiger partial charge in [0.2, 0.25) is 0 Å². The van der Waals surface area contributed by atoms with Crippen LogP contribution in [0.1, 0.15) is 32.6 Å². The van der Waals surface area contributed by atoms with E-state index in [0.717, 1.165) is 44.9 Å². The maximum absolute atomic E-state index is 9.08. The molecule has 0 heterocycles. The Morgan fingerprint density at radius 1 is 1.14 bits per heavy atom. The van der Waals surface area contributed by atoms with Gasteiger partial charge in [0.15, 0.2) is 0 Å². The van der Waals surface area contributed by atoms with E-state index in [1.54, 1.807) is 0 Å². The molecule has 84 valence electrons. The molecule has 3 N–H and O–H groups in total. The monoisotopic (exact) mass is 200 g/mol. The third-order valence-electron chi connectivity index (χ3n) is 2.78. The normalized spacial score (nSPS) is 26.1. The lowest BCUT2D eigenvalue weighted by molar-refractivity contribution is 0.0431. The van der Waals surface area contributed by atoms with Crippen LogP contribution in [-0.2, 0) is 0 Å². The van der Waals surface area contributed by atoms with Gasteiger partial charge < -0.3 is 15.7 Å². The Morgan fingerprint density at radius 3 is 2.50 bits per heavy atom. The van der Waals surface area contributed by atoms with Crippen LogP contribution in [0.15, 0.2) is 0 Å². The summed E-state index contributed by atoms with van der Waals surface area (Å²) in [6.07, 6.45) is 4.42. The highest BCUT2D eigenvalue weighted by Crippen LogP contribution is 2.25. The Labute approximate surface area is 87.3 Å². The minimum Gasteiger partial charge on any atom is -0.393 e. The topological polar surface area (TPSA) is 44.3 Å². The first kappa shape index (κ1) is 12.0. The molecule has 0 aromatic rings. The van der Waals surface area contributed by atoms with E-state index >= 15 is 0 Å². The third kappa shape index (κ3) is 4.94. The van der Waals surface area contributed by atoms with Gasteiger partial charge in [0.05, 0.1) is 6.10 Å². The number of rotatable bonds is 8. The van der Waals surface area contributed by atoms with Gasteiger partial charge in [-0.2, -0.15) is 0 Å². The lowest BCUT2D eigenvalue weighted by Gasteiger charge is -2.31. The number of nitrogens with one attached hydrogen (secondary N) is 2. The zero-order chi connectivity index (χ0) is 10.2. The summed E-state index contributed by atoms with van der Waals surface area (Å²) in [4.78, 5) is 0. The molecular weight excluding hydrogens is 176 g/mol. The molecular formula is C11H24N2O. The lowest BCUT2D eigenvalue weighted by Crippen LogP contribution is -2.36. The number of aliphatic hydroxyl groups is 1. The van der Waals surface area contributed by atoms with Crippen molar-refractivity contribution in [3.05, 3.63) is 0 Å². The first-order chi connectivity index (χ1) is 6.83. The Balaban J connectivity index is 1.72. The van der Waals surface area contributed by atoms with E-state index in [9.17, 15) is 0 Å². The fourth-order valence-electron chi connectivity index (χ4n) is 1.81. The standard InChI is InChI=1S/C11H24N2O/c1-2-4-12-5-3-6-13-9-10-7-11(14)8-10/h10-14H,2-9H2,1H3. The van der Waals surface area contributed by atoms with Crippen molar-refractivity contribution in [3.63, 3.8) is 0 Å². The Bertz CT molecular complexity index is 135. The van der Waals surface area contributed by atoms with E-state index in [2.05, 4.69) is 17.6 Å². The molecule has 0 radical (unpaired) electrons. The molecule has 0 unspecified atom stereocenters. The predicted octanol–water partition coefficient (Wildman–Crippen LogP) is 0.737. The Kier molecular flexibility index (Phi) is 6.15. The van der Waals surface area contributed by atoms with Gasteiger partial charge in [0, 0.05) is 0 Å². The highest BCUT2D eigenvalue weighted by molar-refractivity contribution is 4.79. The zero-order valence-corrected chi connectivity index (χ0v) is 9.26. The van der Waals surface area contributed by atoms with Gasteiger partial charge in [-0.3, -0.25) is 0 Å². The smallest absolute Gasteiger partial charge is 0.0546 e. The highest BCUT2D eigenvalue weighted by Gasteiger charge is 2.26. The molecule has 1 aliphatic carbocycles. The van der Waals surface area contributed by atoms with Crippen LogP contribution in [0.5, 0.6) is 0 Å². The predicted molar refractivity (Wildman–Crippen MR) is 59.4 cm³/mol. The van der Waals surface area contributed by atoms with Gasteiger partial charge >= 0.3 is 0 Å². The van der Waals surface area contributed by atoms with E-state index < -0.39 is 0 Å². The maximum atomic E-state index is 9.08. The average molecular weight is 200 g/mol. The van der Waals surface area contributed by atoms with Crippen LogP contribution in [0.2, 0.25) is 0 Å². The zero-order valence-electron chi connectivity index (χ0n) is 9.26. The molecule has 0 atom stereocenters. The second-order valence-corrected chi connectivity index (χ2v) is 4.30. The van der Waals surface area contributed by atoms with E-state index in [0.29, 0.717) is 0 Å². The molecule has 1 rings (SSSR count). The number of aliphatic hydroxyl groups excluding tert-OH is 1. The van der Waals surface area contributed by atoms with Gasteiger partial charge in [-0.05, 0) is 57.8 Å². The van der Waals surface area contributed by atoms with Crippen LogP contribution in [-0.4, -0.2) is 37.4 Å². The highest BCUT2D eigenvalue weighted by atomic mass is 16.3. The fraction of sp³-hybridized carbons (Fsp3) is 1.00. The Morgan fingerprint density at radius 2 is 1.86 bits per heavy atom. The second kappa shape index (κ2) is 7.21. The fourth-order valence-corrected chi connectivity index (χ4v) is 1.81. The molecule has 0 saturated heterocycles. The number of hydrogen-bond donors (Lipinski definition) is 3. The second-order valence-electron chi connectivity index (χ2n) is 4.30. The van der Waals surface area contributed by atoms with Crippen molar-refractivity contribution in [1.29, 1.82) is 0 Å². The molecule has 0 bridgehead atoms. The van der Waals surface area contributed by atoms with Crippen LogP contribution >= 0.6 is 0 Å². The molecule has 14 heavy (non-hydrogen) atoms. The molecule has 0 spiro atoms. The van der Waals surface area contributed by atoms with Crippen LogP contribution in [0.25, 0.3) is 0 Å². The van der Waals surface area contributed by atoms with Crippen molar-refractivity contribution >= 4 is 0 Å². The molecule has 0 aliphatic heterocycles. The summed E-state index contributed by atoms with van der Waals surface area (Å²) < 4.78 is 0. The van der Waals surface area contributed by atoms with E-state index in [-0.39, 0.29) is 6.10 Å². The van der Waals surface area contributed by atoms with Crippen molar-refractivity contribution in [2.45, 2.75) is 38.7 Å². The van der Waals surface area contributed by atoms with Crippen LogP contribution in [0.3, 0.4) is 0 Å². The van der Waals surface area contributed by atoms with Crippen LogP contribution in [0, 0.1) is 5.92 Å². The van der Waals surface area contributed by atoms with Gasteiger partial charge in [0.1, 0.15) is 0 Å². The molecule has 3 heteroatoms.